The van der Waals surface area contributed by atoms with E-state index in [0.717, 1.165) is 36.8 Å². The maximum absolute atomic E-state index is 4.93. The number of hydrogen-bond acceptors (Lipinski definition) is 4. The fourth-order valence-electron chi connectivity index (χ4n) is 3.65. The van der Waals surface area contributed by atoms with E-state index in [4.69, 9.17) is 9.97 Å². The van der Waals surface area contributed by atoms with Gasteiger partial charge in [-0.25, -0.2) is 9.97 Å². The van der Waals surface area contributed by atoms with Gasteiger partial charge in [0.1, 0.15) is 11.5 Å². The Bertz CT molecular complexity index is 683. The second-order valence-electron chi connectivity index (χ2n) is 6.56. The molecule has 0 saturated carbocycles. The van der Waals surface area contributed by atoms with Crippen LogP contribution < -0.4 is 4.90 Å². The summed E-state index contributed by atoms with van der Waals surface area (Å²) in [6.45, 7) is 5.76. The highest BCUT2D eigenvalue weighted by molar-refractivity contribution is 5.59. The molecule has 0 N–H and O–H groups in total. The van der Waals surface area contributed by atoms with Gasteiger partial charge in [-0.1, -0.05) is 13.0 Å². The monoisotopic (exact) mass is 294 g/mol. The number of nitrogens with zero attached hydrogens (tertiary/aromatic N) is 4. The lowest BCUT2D eigenvalue weighted by molar-refractivity contribution is 0.544. The van der Waals surface area contributed by atoms with Crippen LogP contribution in [0, 0.1) is 5.92 Å². The molecule has 2 atom stereocenters. The normalized spacial score (nSPS) is 23.8. The van der Waals surface area contributed by atoms with Crippen molar-refractivity contribution in [1.82, 2.24) is 15.0 Å². The molecule has 1 fully saturated rings. The van der Waals surface area contributed by atoms with Gasteiger partial charge in [0, 0.05) is 30.0 Å². The van der Waals surface area contributed by atoms with Crippen LogP contribution in [-0.2, 0) is 12.8 Å². The van der Waals surface area contributed by atoms with Gasteiger partial charge in [-0.3, -0.25) is 4.98 Å². The first kappa shape index (κ1) is 13.7. The first-order valence-corrected chi connectivity index (χ1v) is 8.32. The maximum atomic E-state index is 4.93. The Labute approximate surface area is 131 Å². The maximum Gasteiger partial charge on any atom is 0.180 e. The molecule has 0 spiro atoms. The van der Waals surface area contributed by atoms with E-state index in [1.54, 1.807) is 0 Å². The lowest BCUT2D eigenvalue weighted by Crippen LogP contribution is -2.31. The first-order valence-electron chi connectivity index (χ1n) is 8.32. The van der Waals surface area contributed by atoms with Crippen molar-refractivity contribution in [2.24, 2.45) is 5.92 Å². The van der Waals surface area contributed by atoms with Crippen LogP contribution in [0.3, 0.4) is 0 Å². The van der Waals surface area contributed by atoms with Crippen molar-refractivity contribution in [1.29, 1.82) is 0 Å². The number of hydrogen-bond donors (Lipinski definition) is 0. The van der Waals surface area contributed by atoms with Gasteiger partial charge in [-0.05, 0) is 50.7 Å². The van der Waals surface area contributed by atoms with E-state index in [1.165, 1.54) is 29.9 Å². The van der Waals surface area contributed by atoms with Gasteiger partial charge in [-0.15, -0.1) is 0 Å². The van der Waals surface area contributed by atoms with Crippen molar-refractivity contribution in [3.63, 3.8) is 0 Å². The molecule has 2 aromatic heterocycles. The van der Waals surface area contributed by atoms with Gasteiger partial charge in [0.2, 0.25) is 0 Å². The van der Waals surface area contributed by atoms with Gasteiger partial charge >= 0.3 is 0 Å². The van der Waals surface area contributed by atoms with E-state index in [9.17, 15) is 0 Å². The fraction of sp³-hybridized carbons (Fsp3) is 0.500. The molecule has 0 radical (unpaired) electrons. The second-order valence-corrected chi connectivity index (χ2v) is 6.56. The number of fused-ring (bicyclic) bond motifs is 1. The van der Waals surface area contributed by atoms with Gasteiger partial charge in [-0.2, -0.15) is 0 Å². The molecule has 4 rings (SSSR count). The third-order valence-corrected chi connectivity index (χ3v) is 5.22. The van der Waals surface area contributed by atoms with E-state index < -0.39 is 0 Å². The molecule has 22 heavy (non-hydrogen) atoms. The summed E-state index contributed by atoms with van der Waals surface area (Å²) >= 11 is 0. The number of aryl methyl sites for hydroxylation is 1. The molecule has 2 aliphatic rings. The summed E-state index contributed by atoms with van der Waals surface area (Å²) in [4.78, 5) is 16.7. The molecular formula is C18H22N4. The highest BCUT2D eigenvalue weighted by atomic mass is 15.2. The summed E-state index contributed by atoms with van der Waals surface area (Å²) in [6, 6.07) is 6.48. The van der Waals surface area contributed by atoms with Crippen LogP contribution >= 0.6 is 0 Å². The van der Waals surface area contributed by atoms with Crippen LogP contribution in [0.4, 0.5) is 5.82 Å². The van der Waals surface area contributed by atoms with Crippen LogP contribution in [-0.4, -0.2) is 27.5 Å². The molecule has 0 bridgehead atoms. The van der Waals surface area contributed by atoms with Crippen molar-refractivity contribution >= 4 is 5.82 Å². The van der Waals surface area contributed by atoms with E-state index in [0.29, 0.717) is 6.04 Å². The standard InChI is InChI=1S/C18H22N4/c1-12-9-11-22(13(12)2)18-14-6-5-8-15(14)20-17(21-18)16-7-3-4-10-19-16/h3-4,7,10,12-13H,5-6,8-9,11H2,1-2H3. The van der Waals surface area contributed by atoms with Gasteiger partial charge < -0.3 is 4.90 Å². The Morgan fingerprint density at radius 2 is 2.05 bits per heavy atom. The average molecular weight is 294 g/mol. The minimum atomic E-state index is 0.552. The van der Waals surface area contributed by atoms with Gasteiger partial charge in [0.25, 0.3) is 0 Å². The van der Waals surface area contributed by atoms with Crippen LogP contribution in [0.2, 0.25) is 0 Å². The lowest BCUT2D eigenvalue weighted by atomic mass is 10.1. The molecule has 2 unspecified atom stereocenters. The molecule has 0 amide bonds. The largest absolute Gasteiger partial charge is 0.353 e. The summed E-state index contributed by atoms with van der Waals surface area (Å²) in [6.07, 6.45) is 6.44. The third-order valence-electron chi connectivity index (χ3n) is 5.22. The number of anilines is 1. The quantitative estimate of drug-likeness (QED) is 0.852. The van der Waals surface area contributed by atoms with E-state index in [-0.39, 0.29) is 0 Å². The van der Waals surface area contributed by atoms with Crippen LogP contribution in [0.15, 0.2) is 24.4 Å². The van der Waals surface area contributed by atoms with Crippen molar-refractivity contribution in [3.8, 4) is 11.5 Å². The van der Waals surface area contributed by atoms with E-state index in [2.05, 4.69) is 23.7 Å². The molecule has 114 valence electrons. The fourth-order valence-corrected chi connectivity index (χ4v) is 3.65. The molecule has 0 aromatic carbocycles. The molecule has 1 aliphatic heterocycles. The van der Waals surface area contributed by atoms with Gasteiger partial charge in [0.15, 0.2) is 5.82 Å². The predicted octanol–water partition coefficient (Wildman–Crippen LogP) is 3.26. The second kappa shape index (κ2) is 5.34. The predicted molar refractivity (Wildman–Crippen MR) is 87.9 cm³/mol. The summed E-state index contributed by atoms with van der Waals surface area (Å²) in [5, 5.41) is 0. The molecule has 2 aromatic rings. The molecule has 1 aliphatic carbocycles. The topological polar surface area (TPSA) is 41.9 Å². The summed E-state index contributed by atoms with van der Waals surface area (Å²) in [5.41, 5.74) is 3.48. The molecule has 4 nitrogen and oxygen atoms in total. The van der Waals surface area contributed by atoms with E-state index in [1.807, 2.05) is 24.4 Å². The summed E-state index contributed by atoms with van der Waals surface area (Å²) < 4.78 is 0. The minimum Gasteiger partial charge on any atom is -0.353 e. The third kappa shape index (κ3) is 2.18. The zero-order valence-corrected chi connectivity index (χ0v) is 13.3. The van der Waals surface area contributed by atoms with Gasteiger partial charge in [0.05, 0.1) is 0 Å². The molecular weight excluding hydrogens is 272 g/mol. The highest BCUT2D eigenvalue weighted by Gasteiger charge is 2.32. The molecule has 3 heterocycles. The number of rotatable bonds is 2. The van der Waals surface area contributed by atoms with Crippen LogP contribution in [0.1, 0.15) is 37.9 Å². The zero-order chi connectivity index (χ0) is 15.1. The highest BCUT2D eigenvalue weighted by Crippen LogP contribution is 2.35. The Balaban J connectivity index is 1.82. The minimum absolute atomic E-state index is 0.552. The molecule has 4 heteroatoms. The van der Waals surface area contributed by atoms with Crippen molar-refractivity contribution in [3.05, 3.63) is 35.7 Å². The smallest absolute Gasteiger partial charge is 0.180 e. The Morgan fingerprint density at radius 3 is 2.77 bits per heavy atom. The number of pyridine rings is 1. The average Bonchev–Trinajstić information content (AvgIpc) is 3.15. The lowest BCUT2D eigenvalue weighted by Gasteiger charge is -2.27. The molecule has 1 saturated heterocycles. The summed E-state index contributed by atoms with van der Waals surface area (Å²) in [7, 11) is 0. The SMILES string of the molecule is CC1CCN(c2nc(-c3ccccn3)nc3c2CCC3)C1C. The number of aromatic nitrogens is 3. The van der Waals surface area contributed by atoms with Crippen molar-refractivity contribution in [2.45, 2.75) is 45.6 Å². The summed E-state index contributed by atoms with van der Waals surface area (Å²) in [5.74, 6) is 2.67. The van der Waals surface area contributed by atoms with Crippen molar-refractivity contribution < 1.29 is 0 Å². The Hall–Kier alpha value is -1.97. The Kier molecular flexibility index (Phi) is 3.32. The van der Waals surface area contributed by atoms with Crippen LogP contribution in [0.25, 0.3) is 11.5 Å². The van der Waals surface area contributed by atoms with E-state index >= 15 is 0 Å². The first-order chi connectivity index (χ1) is 10.7. The Morgan fingerprint density at radius 1 is 1.14 bits per heavy atom. The van der Waals surface area contributed by atoms with Crippen molar-refractivity contribution in [2.75, 3.05) is 11.4 Å². The zero-order valence-electron chi connectivity index (χ0n) is 13.3. The van der Waals surface area contributed by atoms with Crippen LogP contribution in [0.5, 0.6) is 0 Å².